The molecule has 0 bridgehead atoms. The largest absolute Gasteiger partial charge is 0.508 e. The zero-order valence-electron chi connectivity index (χ0n) is 8.46. The van der Waals surface area contributed by atoms with Crippen LogP contribution < -0.4 is 4.90 Å². The van der Waals surface area contributed by atoms with Gasteiger partial charge in [0, 0.05) is 18.7 Å². The predicted octanol–water partition coefficient (Wildman–Crippen LogP) is 0.830. The first-order chi connectivity index (χ1) is 7.58. The number of phenolic OH excluding ortho intramolecular Hbond substituents is 1. The van der Waals surface area contributed by atoms with Crippen LogP contribution in [-0.4, -0.2) is 28.6 Å². The Hall–Kier alpha value is -2.04. The van der Waals surface area contributed by atoms with Crippen LogP contribution >= 0.6 is 0 Å². The monoisotopic (exact) mass is 221 g/mol. The van der Waals surface area contributed by atoms with Crippen LogP contribution in [0, 0.1) is 5.92 Å². The molecule has 1 aromatic rings. The number of anilines is 1. The van der Waals surface area contributed by atoms with E-state index in [9.17, 15) is 9.59 Å². The molecule has 1 heterocycles. The number of amides is 1. The average Bonchev–Trinajstić information content (AvgIpc) is 2.62. The lowest BCUT2D eigenvalue weighted by Crippen LogP contribution is -2.25. The van der Waals surface area contributed by atoms with E-state index in [0.29, 0.717) is 5.69 Å². The van der Waals surface area contributed by atoms with Gasteiger partial charge in [0.15, 0.2) is 0 Å². The molecular formula is C11H11NO4. The van der Waals surface area contributed by atoms with Crippen LogP contribution in [0.15, 0.2) is 24.3 Å². The van der Waals surface area contributed by atoms with Crippen molar-refractivity contribution in [3.63, 3.8) is 0 Å². The first kappa shape index (κ1) is 10.5. The summed E-state index contributed by atoms with van der Waals surface area (Å²) in [5, 5.41) is 17.9. The standard InChI is InChI=1S/C11H11NO4/c13-9-3-1-8(2-4-9)12-6-7(11(15)16)5-10(12)14/h1-4,7,13H,5-6H2,(H,15,16). The molecule has 1 atom stereocenters. The minimum atomic E-state index is -0.949. The fraction of sp³-hybridized carbons (Fsp3) is 0.273. The highest BCUT2D eigenvalue weighted by Crippen LogP contribution is 2.26. The third kappa shape index (κ3) is 1.84. The van der Waals surface area contributed by atoms with Crippen molar-refractivity contribution < 1.29 is 19.8 Å². The normalized spacial score (nSPS) is 20.1. The molecule has 1 aliphatic rings. The van der Waals surface area contributed by atoms with Gasteiger partial charge >= 0.3 is 5.97 Å². The molecule has 0 aliphatic carbocycles. The van der Waals surface area contributed by atoms with Gasteiger partial charge in [-0.05, 0) is 24.3 Å². The quantitative estimate of drug-likeness (QED) is 0.775. The molecule has 1 unspecified atom stereocenters. The highest BCUT2D eigenvalue weighted by atomic mass is 16.4. The number of aliphatic carboxylic acids is 1. The molecule has 84 valence electrons. The van der Waals surface area contributed by atoms with E-state index in [1.807, 2.05) is 0 Å². The fourth-order valence-electron chi connectivity index (χ4n) is 1.76. The van der Waals surface area contributed by atoms with Crippen LogP contribution in [0.4, 0.5) is 5.69 Å². The number of hydrogen-bond acceptors (Lipinski definition) is 3. The maximum absolute atomic E-state index is 11.6. The molecule has 5 nitrogen and oxygen atoms in total. The topological polar surface area (TPSA) is 77.8 Å². The Morgan fingerprint density at radius 1 is 1.31 bits per heavy atom. The van der Waals surface area contributed by atoms with Gasteiger partial charge in [0.25, 0.3) is 0 Å². The molecule has 0 radical (unpaired) electrons. The van der Waals surface area contributed by atoms with Crippen LogP contribution in [0.2, 0.25) is 0 Å². The van der Waals surface area contributed by atoms with Crippen molar-refractivity contribution in [2.24, 2.45) is 5.92 Å². The second-order valence-corrected chi connectivity index (χ2v) is 3.76. The molecular weight excluding hydrogens is 210 g/mol. The molecule has 2 N–H and O–H groups in total. The maximum Gasteiger partial charge on any atom is 0.308 e. The Morgan fingerprint density at radius 2 is 1.94 bits per heavy atom. The molecule has 1 saturated heterocycles. The van der Waals surface area contributed by atoms with E-state index in [-0.39, 0.29) is 24.6 Å². The van der Waals surface area contributed by atoms with E-state index in [1.165, 1.54) is 17.0 Å². The van der Waals surface area contributed by atoms with Gasteiger partial charge in [0.05, 0.1) is 5.92 Å². The number of carbonyl (C=O) groups excluding carboxylic acids is 1. The number of nitrogens with zero attached hydrogens (tertiary/aromatic N) is 1. The van der Waals surface area contributed by atoms with E-state index in [2.05, 4.69) is 0 Å². The molecule has 2 rings (SSSR count). The summed E-state index contributed by atoms with van der Waals surface area (Å²) < 4.78 is 0. The number of carbonyl (C=O) groups is 2. The Balaban J connectivity index is 2.20. The number of benzene rings is 1. The van der Waals surface area contributed by atoms with E-state index >= 15 is 0 Å². The summed E-state index contributed by atoms with van der Waals surface area (Å²) in [6, 6.07) is 6.13. The van der Waals surface area contributed by atoms with Gasteiger partial charge in [-0.3, -0.25) is 9.59 Å². The molecule has 0 saturated carbocycles. The zero-order chi connectivity index (χ0) is 11.7. The van der Waals surface area contributed by atoms with Gasteiger partial charge in [-0.1, -0.05) is 0 Å². The minimum absolute atomic E-state index is 0.0379. The third-order valence-electron chi connectivity index (χ3n) is 2.64. The second-order valence-electron chi connectivity index (χ2n) is 3.76. The first-order valence-electron chi connectivity index (χ1n) is 4.90. The number of aromatic hydroxyl groups is 1. The SMILES string of the molecule is O=C(O)C1CC(=O)N(c2ccc(O)cc2)C1. The van der Waals surface area contributed by atoms with Crippen molar-refractivity contribution in [1.82, 2.24) is 0 Å². The minimum Gasteiger partial charge on any atom is -0.508 e. The number of hydrogen-bond donors (Lipinski definition) is 2. The van der Waals surface area contributed by atoms with E-state index in [1.54, 1.807) is 12.1 Å². The molecule has 16 heavy (non-hydrogen) atoms. The number of carboxylic acids is 1. The summed E-state index contributed by atoms with van der Waals surface area (Å²) in [6.45, 7) is 0.193. The lowest BCUT2D eigenvalue weighted by atomic mass is 10.1. The summed E-state index contributed by atoms with van der Waals surface area (Å²) in [5.74, 6) is -1.67. The van der Waals surface area contributed by atoms with Crippen molar-refractivity contribution in [2.45, 2.75) is 6.42 Å². The molecule has 1 aliphatic heterocycles. The fourth-order valence-corrected chi connectivity index (χ4v) is 1.76. The van der Waals surface area contributed by atoms with Crippen molar-refractivity contribution >= 4 is 17.6 Å². The van der Waals surface area contributed by atoms with Gasteiger partial charge in [-0.25, -0.2) is 0 Å². The van der Waals surface area contributed by atoms with Crippen LogP contribution in [0.1, 0.15) is 6.42 Å². The van der Waals surface area contributed by atoms with Gasteiger partial charge < -0.3 is 15.1 Å². The Morgan fingerprint density at radius 3 is 2.44 bits per heavy atom. The van der Waals surface area contributed by atoms with Crippen molar-refractivity contribution in [1.29, 1.82) is 0 Å². The number of carboxylic acid groups (broad SMARTS) is 1. The van der Waals surface area contributed by atoms with Crippen LogP contribution in [-0.2, 0) is 9.59 Å². The summed E-state index contributed by atoms with van der Waals surface area (Å²) >= 11 is 0. The summed E-state index contributed by atoms with van der Waals surface area (Å²) in [7, 11) is 0. The highest BCUT2D eigenvalue weighted by molar-refractivity contribution is 5.99. The van der Waals surface area contributed by atoms with Gasteiger partial charge in [0.1, 0.15) is 5.75 Å². The summed E-state index contributed by atoms with van der Waals surface area (Å²) in [5.41, 5.74) is 0.617. The third-order valence-corrected chi connectivity index (χ3v) is 2.64. The maximum atomic E-state index is 11.6. The van der Waals surface area contributed by atoms with Gasteiger partial charge in [-0.2, -0.15) is 0 Å². The average molecular weight is 221 g/mol. The van der Waals surface area contributed by atoms with Gasteiger partial charge in [-0.15, -0.1) is 0 Å². The lowest BCUT2D eigenvalue weighted by molar-refractivity contribution is -0.141. The van der Waals surface area contributed by atoms with Crippen LogP contribution in [0.3, 0.4) is 0 Å². The van der Waals surface area contributed by atoms with Crippen LogP contribution in [0.25, 0.3) is 0 Å². The predicted molar refractivity (Wildman–Crippen MR) is 56.2 cm³/mol. The Bertz CT molecular complexity index is 426. The van der Waals surface area contributed by atoms with Crippen molar-refractivity contribution in [3.05, 3.63) is 24.3 Å². The first-order valence-corrected chi connectivity index (χ1v) is 4.90. The van der Waals surface area contributed by atoms with Crippen molar-refractivity contribution in [3.8, 4) is 5.75 Å². The molecule has 1 aromatic carbocycles. The van der Waals surface area contributed by atoms with Crippen LogP contribution in [0.5, 0.6) is 5.75 Å². The highest BCUT2D eigenvalue weighted by Gasteiger charge is 2.34. The van der Waals surface area contributed by atoms with E-state index < -0.39 is 11.9 Å². The van der Waals surface area contributed by atoms with E-state index in [0.717, 1.165) is 0 Å². The zero-order valence-corrected chi connectivity index (χ0v) is 8.46. The van der Waals surface area contributed by atoms with E-state index in [4.69, 9.17) is 10.2 Å². The summed E-state index contributed by atoms with van der Waals surface area (Å²) in [4.78, 5) is 23.8. The molecule has 0 aromatic heterocycles. The molecule has 0 spiro atoms. The summed E-state index contributed by atoms with van der Waals surface area (Å²) in [6.07, 6.45) is 0.0379. The molecule has 1 amide bonds. The molecule has 5 heteroatoms. The Labute approximate surface area is 91.9 Å². The van der Waals surface area contributed by atoms with Gasteiger partial charge in [0.2, 0.25) is 5.91 Å². The smallest absolute Gasteiger partial charge is 0.308 e. The number of phenols is 1. The Kier molecular flexibility index (Phi) is 2.52. The number of rotatable bonds is 2. The molecule has 1 fully saturated rings. The lowest BCUT2D eigenvalue weighted by Gasteiger charge is -2.15. The van der Waals surface area contributed by atoms with Crippen molar-refractivity contribution in [2.75, 3.05) is 11.4 Å². The second kappa shape index (κ2) is 3.84.